The predicted molar refractivity (Wildman–Crippen MR) is 96.8 cm³/mol. The smallest absolute Gasteiger partial charge is 0.251 e. The van der Waals surface area contributed by atoms with Crippen molar-refractivity contribution in [2.45, 2.75) is 13.8 Å². The van der Waals surface area contributed by atoms with E-state index in [1.165, 1.54) is 0 Å². The second-order valence-electron chi connectivity index (χ2n) is 5.96. The summed E-state index contributed by atoms with van der Waals surface area (Å²) in [6.07, 6.45) is 0.851. The largest absolute Gasteiger partial charge is 0.350 e. The third kappa shape index (κ3) is 4.57. The Balaban J connectivity index is 2.14. The standard InChI is InChI=1S/C18H20F2N2O3S/c1-12-7-8-14(11-13(12)2)18(23)21-9-10-22(26(3,24)25)17-15(19)5-4-6-16(17)20/h4-8,11H,9-10H2,1-3H3,(H,21,23). The van der Waals surface area contributed by atoms with E-state index in [0.29, 0.717) is 9.87 Å². The van der Waals surface area contributed by atoms with Gasteiger partial charge >= 0.3 is 0 Å². The van der Waals surface area contributed by atoms with Gasteiger partial charge in [-0.3, -0.25) is 9.10 Å². The monoisotopic (exact) mass is 382 g/mol. The van der Waals surface area contributed by atoms with Crippen LogP contribution in [0.1, 0.15) is 21.5 Å². The molecule has 0 aromatic heterocycles. The highest BCUT2D eigenvalue weighted by Gasteiger charge is 2.24. The maximum absolute atomic E-state index is 13.9. The Hall–Kier alpha value is -2.48. The minimum atomic E-state index is -3.94. The summed E-state index contributed by atoms with van der Waals surface area (Å²) in [5, 5.41) is 2.57. The molecule has 0 unspecified atom stereocenters. The molecule has 2 rings (SSSR count). The molecule has 0 saturated heterocycles. The zero-order valence-electron chi connectivity index (χ0n) is 14.7. The fourth-order valence-electron chi connectivity index (χ4n) is 2.43. The molecule has 0 heterocycles. The first-order chi connectivity index (χ1) is 12.1. The van der Waals surface area contributed by atoms with Crippen molar-refractivity contribution in [3.8, 4) is 0 Å². The van der Waals surface area contributed by atoms with E-state index in [0.717, 1.165) is 35.6 Å². The molecule has 0 aliphatic heterocycles. The number of carbonyl (C=O) groups is 1. The van der Waals surface area contributed by atoms with Gasteiger partial charge in [0.1, 0.15) is 5.69 Å². The van der Waals surface area contributed by atoms with E-state index in [9.17, 15) is 22.0 Å². The van der Waals surface area contributed by atoms with E-state index in [4.69, 9.17) is 0 Å². The van der Waals surface area contributed by atoms with Gasteiger partial charge in [-0.25, -0.2) is 17.2 Å². The fourth-order valence-corrected chi connectivity index (χ4v) is 3.36. The maximum atomic E-state index is 13.9. The highest BCUT2D eigenvalue weighted by molar-refractivity contribution is 7.92. The van der Waals surface area contributed by atoms with Crippen LogP contribution >= 0.6 is 0 Å². The van der Waals surface area contributed by atoms with Gasteiger partial charge in [-0.05, 0) is 49.2 Å². The number of carbonyl (C=O) groups excluding carboxylic acids is 1. The Kier molecular flexibility index (Phi) is 5.97. The molecule has 26 heavy (non-hydrogen) atoms. The highest BCUT2D eigenvalue weighted by atomic mass is 32.2. The van der Waals surface area contributed by atoms with Crippen LogP contribution in [0.25, 0.3) is 0 Å². The number of nitrogens with one attached hydrogen (secondary N) is 1. The van der Waals surface area contributed by atoms with Gasteiger partial charge in [0.2, 0.25) is 10.0 Å². The second-order valence-corrected chi connectivity index (χ2v) is 7.87. The quantitative estimate of drug-likeness (QED) is 0.835. The van der Waals surface area contributed by atoms with E-state index < -0.39 is 33.3 Å². The number of nitrogens with zero attached hydrogens (tertiary/aromatic N) is 1. The average molecular weight is 382 g/mol. The first-order valence-electron chi connectivity index (χ1n) is 7.88. The van der Waals surface area contributed by atoms with Crippen LogP contribution < -0.4 is 9.62 Å². The number of rotatable bonds is 6. The topological polar surface area (TPSA) is 66.5 Å². The SMILES string of the molecule is Cc1ccc(C(=O)NCCN(c2c(F)cccc2F)S(C)(=O)=O)cc1C. The van der Waals surface area contributed by atoms with E-state index >= 15 is 0 Å². The average Bonchev–Trinajstić information content (AvgIpc) is 2.54. The number of amides is 1. The number of anilines is 1. The van der Waals surface area contributed by atoms with Crippen molar-refractivity contribution in [3.05, 3.63) is 64.7 Å². The first-order valence-corrected chi connectivity index (χ1v) is 9.73. The first kappa shape index (κ1) is 19.8. The molecule has 5 nitrogen and oxygen atoms in total. The van der Waals surface area contributed by atoms with Gasteiger partial charge in [-0.1, -0.05) is 12.1 Å². The van der Waals surface area contributed by atoms with Gasteiger partial charge in [-0.15, -0.1) is 0 Å². The Labute approximate surface area is 151 Å². The summed E-state index contributed by atoms with van der Waals surface area (Å²) in [6, 6.07) is 8.28. The van der Waals surface area contributed by atoms with Gasteiger partial charge in [0, 0.05) is 12.1 Å². The predicted octanol–water partition coefficient (Wildman–Crippen LogP) is 2.78. The van der Waals surface area contributed by atoms with Crippen LogP contribution in [0.3, 0.4) is 0 Å². The molecule has 0 aliphatic carbocycles. The van der Waals surface area contributed by atoms with Crippen LogP contribution in [-0.4, -0.2) is 33.7 Å². The molecule has 0 spiro atoms. The number of benzene rings is 2. The fraction of sp³-hybridized carbons (Fsp3) is 0.278. The molecule has 0 atom stereocenters. The molecule has 8 heteroatoms. The summed E-state index contributed by atoms with van der Waals surface area (Å²) in [5.74, 6) is -2.37. The van der Waals surface area contributed by atoms with Crippen molar-refractivity contribution in [1.29, 1.82) is 0 Å². The lowest BCUT2D eigenvalue weighted by Crippen LogP contribution is -2.39. The summed E-state index contributed by atoms with van der Waals surface area (Å²) < 4.78 is 52.4. The lowest BCUT2D eigenvalue weighted by molar-refractivity contribution is 0.0954. The Bertz CT molecular complexity index is 910. The normalized spacial score (nSPS) is 11.3. The van der Waals surface area contributed by atoms with Gasteiger partial charge in [0.05, 0.1) is 12.8 Å². The number of halogens is 2. The molecule has 140 valence electrons. The van der Waals surface area contributed by atoms with Crippen molar-refractivity contribution >= 4 is 21.6 Å². The van der Waals surface area contributed by atoms with Gasteiger partial charge in [-0.2, -0.15) is 0 Å². The van der Waals surface area contributed by atoms with Gasteiger partial charge in [0.15, 0.2) is 11.6 Å². The summed E-state index contributed by atoms with van der Waals surface area (Å²) in [7, 11) is -3.94. The van der Waals surface area contributed by atoms with Crippen molar-refractivity contribution < 1.29 is 22.0 Å². The van der Waals surface area contributed by atoms with E-state index in [1.807, 2.05) is 19.9 Å². The maximum Gasteiger partial charge on any atom is 0.251 e. The number of hydrogen-bond donors (Lipinski definition) is 1. The summed E-state index contributed by atoms with van der Waals surface area (Å²) in [5.41, 5.74) is 1.76. The molecule has 0 aliphatic rings. The summed E-state index contributed by atoms with van der Waals surface area (Å²) >= 11 is 0. The van der Waals surface area contributed by atoms with Gasteiger partial charge < -0.3 is 5.32 Å². The molecule has 1 amide bonds. The molecular formula is C18H20F2N2O3S. The Morgan fingerprint density at radius 2 is 1.69 bits per heavy atom. The van der Waals surface area contributed by atoms with Crippen LogP contribution in [0.15, 0.2) is 36.4 Å². The highest BCUT2D eigenvalue weighted by Crippen LogP contribution is 2.25. The second kappa shape index (κ2) is 7.82. The molecule has 0 fully saturated rings. The van der Waals surface area contributed by atoms with Gasteiger partial charge in [0.25, 0.3) is 5.91 Å². The van der Waals surface area contributed by atoms with Crippen LogP contribution in [0.2, 0.25) is 0 Å². The van der Waals surface area contributed by atoms with E-state index in [1.54, 1.807) is 12.1 Å². The minimum Gasteiger partial charge on any atom is -0.350 e. The molecule has 1 N–H and O–H groups in total. The lowest BCUT2D eigenvalue weighted by Gasteiger charge is -2.23. The zero-order chi connectivity index (χ0) is 19.5. The van der Waals surface area contributed by atoms with Crippen molar-refractivity contribution in [2.24, 2.45) is 0 Å². The Morgan fingerprint density at radius 3 is 2.23 bits per heavy atom. The molecule has 0 saturated carbocycles. The Morgan fingerprint density at radius 1 is 1.08 bits per heavy atom. The number of aryl methyl sites for hydroxylation is 2. The van der Waals surface area contributed by atoms with Crippen LogP contribution in [0.5, 0.6) is 0 Å². The minimum absolute atomic E-state index is 0.105. The third-order valence-corrected chi connectivity index (χ3v) is 5.12. The lowest BCUT2D eigenvalue weighted by atomic mass is 10.1. The van der Waals surface area contributed by atoms with E-state index in [2.05, 4.69) is 5.32 Å². The number of hydrogen-bond acceptors (Lipinski definition) is 3. The van der Waals surface area contributed by atoms with Crippen LogP contribution in [0.4, 0.5) is 14.5 Å². The van der Waals surface area contributed by atoms with Crippen molar-refractivity contribution in [3.63, 3.8) is 0 Å². The third-order valence-electron chi connectivity index (χ3n) is 3.96. The molecule has 2 aromatic rings. The molecule has 0 radical (unpaired) electrons. The number of sulfonamides is 1. The molecule has 2 aromatic carbocycles. The number of para-hydroxylation sites is 1. The van der Waals surface area contributed by atoms with E-state index in [-0.39, 0.29) is 13.1 Å². The zero-order valence-corrected chi connectivity index (χ0v) is 15.5. The van der Waals surface area contributed by atoms with Crippen molar-refractivity contribution in [2.75, 3.05) is 23.7 Å². The summed E-state index contributed by atoms with van der Waals surface area (Å²) in [4.78, 5) is 12.2. The van der Waals surface area contributed by atoms with Crippen molar-refractivity contribution in [1.82, 2.24) is 5.32 Å². The molecular weight excluding hydrogens is 362 g/mol. The van der Waals surface area contributed by atoms with Crippen LogP contribution in [0, 0.1) is 25.5 Å². The molecule has 0 bridgehead atoms. The summed E-state index contributed by atoms with van der Waals surface area (Å²) in [6.45, 7) is 3.39. The van der Waals surface area contributed by atoms with Crippen LogP contribution in [-0.2, 0) is 10.0 Å².